The third-order valence-corrected chi connectivity index (χ3v) is 4.00. The molecule has 4 aromatic rings. The van der Waals surface area contributed by atoms with Crippen molar-refractivity contribution in [1.82, 2.24) is 19.5 Å². The number of hydrogen-bond donors (Lipinski definition) is 0. The molecule has 9 heteroatoms. The van der Waals surface area contributed by atoms with Crippen molar-refractivity contribution >= 4 is 17.1 Å². The molecule has 0 unspecified atom stereocenters. The number of rotatable bonds is 5. The number of nitrogens with zero attached hydrogens (tertiary/aromatic N) is 4. The van der Waals surface area contributed by atoms with Gasteiger partial charge >= 0.3 is 12.5 Å². The van der Waals surface area contributed by atoms with E-state index in [2.05, 4.69) is 15.0 Å². The van der Waals surface area contributed by atoms with Crippen LogP contribution in [0.2, 0.25) is 0 Å². The maximum atomic E-state index is 12.7. The van der Waals surface area contributed by atoms with Crippen LogP contribution in [-0.4, -0.2) is 32.1 Å². The van der Waals surface area contributed by atoms with Crippen LogP contribution in [0.25, 0.3) is 33.8 Å². The number of imidazole rings is 1. The summed E-state index contributed by atoms with van der Waals surface area (Å²) in [7, 11) is 0. The second-order valence-electron chi connectivity index (χ2n) is 5.84. The summed E-state index contributed by atoms with van der Waals surface area (Å²) in [5.41, 5.74) is 2.81. The number of carbonyl (C=O) groups is 1. The lowest BCUT2D eigenvalue weighted by Crippen LogP contribution is -2.06. The number of carbonyl (C=O) groups excluding carboxylic acids is 1. The van der Waals surface area contributed by atoms with Crippen LogP contribution in [0.15, 0.2) is 53.5 Å². The molecule has 0 amide bonds. The molecule has 0 aliphatic rings. The number of benzene rings is 1. The molecule has 0 aliphatic heterocycles. The summed E-state index contributed by atoms with van der Waals surface area (Å²) >= 11 is 0. The van der Waals surface area contributed by atoms with Crippen molar-refractivity contribution in [3.05, 3.63) is 54.7 Å². The molecule has 0 saturated heterocycles. The van der Waals surface area contributed by atoms with E-state index in [1.54, 1.807) is 31.2 Å². The number of halogens is 2. The third-order valence-electron chi connectivity index (χ3n) is 4.00. The number of alkyl halides is 2. The van der Waals surface area contributed by atoms with Crippen LogP contribution in [-0.2, 0) is 4.74 Å². The van der Waals surface area contributed by atoms with E-state index in [4.69, 9.17) is 9.15 Å². The smallest absolute Gasteiger partial charge is 0.356 e. The number of hydrogen-bond acceptors (Lipinski definition) is 6. The Kier molecular flexibility index (Phi) is 4.56. The highest BCUT2D eigenvalue weighted by molar-refractivity contribution is 5.89. The first-order chi connectivity index (χ1) is 13.5. The lowest BCUT2D eigenvalue weighted by molar-refractivity contribution is 0.0519. The fourth-order valence-corrected chi connectivity index (χ4v) is 2.68. The number of fused-ring (bicyclic) bond motifs is 1. The largest absolute Gasteiger partial charge is 0.461 e. The number of oxazole rings is 1. The van der Waals surface area contributed by atoms with Crippen LogP contribution in [0.5, 0.6) is 0 Å². The van der Waals surface area contributed by atoms with Crippen LogP contribution < -0.4 is 0 Å². The molecular weight excluding hydrogens is 370 g/mol. The zero-order chi connectivity index (χ0) is 19.7. The van der Waals surface area contributed by atoms with Crippen LogP contribution in [0.3, 0.4) is 0 Å². The molecule has 0 N–H and O–H groups in total. The lowest BCUT2D eigenvalue weighted by Gasteiger charge is -2.01. The number of pyridine rings is 1. The average Bonchev–Trinajstić information content (AvgIpc) is 3.35. The van der Waals surface area contributed by atoms with Crippen LogP contribution >= 0.6 is 0 Å². The van der Waals surface area contributed by atoms with Gasteiger partial charge in [-0.1, -0.05) is 0 Å². The van der Waals surface area contributed by atoms with Crippen molar-refractivity contribution in [1.29, 1.82) is 0 Å². The van der Waals surface area contributed by atoms with Crippen molar-refractivity contribution in [2.45, 2.75) is 13.5 Å². The van der Waals surface area contributed by atoms with E-state index in [1.165, 1.54) is 18.5 Å². The van der Waals surface area contributed by atoms with Gasteiger partial charge in [-0.25, -0.2) is 19.7 Å². The second kappa shape index (κ2) is 7.18. The molecule has 0 atom stereocenters. The minimum Gasteiger partial charge on any atom is -0.461 e. The Morgan fingerprint density at radius 2 is 2.07 bits per heavy atom. The summed E-state index contributed by atoms with van der Waals surface area (Å²) in [5.74, 6) is -0.226. The average molecular weight is 384 g/mol. The van der Waals surface area contributed by atoms with Gasteiger partial charge in [0.2, 0.25) is 5.89 Å². The monoisotopic (exact) mass is 384 g/mol. The molecule has 3 heterocycles. The van der Waals surface area contributed by atoms with Gasteiger partial charge in [-0.05, 0) is 37.3 Å². The highest BCUT2D eigenvalue weighted by atomic mass is 19.3. The van der Waals surface area contributed by atoms with Crippen molar-refractivity contribution in [2.75, 3.05) is 6.61 Å². The van der Waals surface area contributed by atoms with E-state index in [1.807, 2.05) is 0 Å². The number of ether oxygens (including phenoxy) is 1. The Balaban J connectivity index is 1.68. The van der Waals surface area contributed by atoms with Gasteiger partial charge in [0, 0.05) is 23.5 Å². The SMILES string of the molecule is CCOC(=O)c1cc(-c2nc3cc(-c4cn(C(F)F)cn4)ccc3o2)ccn1. The first kappa shape index (κ1) is 17.8. The minimum atomic E-state index is -2.65. The highest BCUT2D eigenvalue weighted by Gasteiger charge is 2.15. The van der Waals surface area contributed by atoms with Gasteiger partial charge < -0.3 is 9.15 Å². The maximum Gasteiger partial charge on any atom is 0.356 e. The lowest BCUT2D eigenvalue weighted by atomic mass is 10.1. The predicted molar refractivity (Wildman–Crippen MR) is 95.7 cm³/mol. The molecule has 7 nitrogen and oxygen atoms in total. The number of aromatic nitrogens is 4. The van der Waals surface area contributed by atoms with E-state index in [-0.39, 0.29) is 12.3 Å². The fourth-order valence-electron chi connectivity index (χ4n) is 2.68. The van der Waals surface area contributed by atoms with Crippen molar-refractivity contribution in [3.63, 3.8) is 0 Å². The summed E-state index contributed by atoms with van der Waals surface area (Å²) in [5, 5.41) is 0. The van der Waals surface area contributed by atoms with Crippen molar-refractivity contribution in [3.8, 4) is 22.7 Å². The Hall–Kier alpha value is -3.62. The van der Waals surface area contributed by atoms with Crippen molar-refractivity contribution < 1.29 is 22.7 Å². The normalized spacial score (nSPS) is 11.3. The molecule has 1 aromatic carbocycles. The fraction of sp³-hybridized carbons (Fsp3) is 0.158. The first-order valence-electron chi connectivity index (χ1n) is 8.41. The van der Waals surface area contributed by atoms with Crippen LogP contribution in [0.4, 0.5) is 8.78 Å². The summed E-state index contributed by atoms with van der Waals surface area (Å²) in [4.78, 5) is 24.3. The van der Waals surface area contributed by atoms with Gasteiger partial charge in [-0.15, -0.1) is 0 Å². The summed E-state index contributed by atoms with van der Waals surface area (Å²) < 4.78 is 36.9. The molecule has 142 valence electrons. The first-order valence-corrected chi connectivity index (χ1v) is 8.41. The summed E-state index contributed by atoms with van der Waals surface area (Å²) in [6.45, 7) is -0.689. The maximum absolute atomic E-state index is 12.7. The van der Waals surface area contributed by atoms with E-state index in [0.717, 1.165) is 10.9 Å². The zero-order valence-corrected chi connectivity index (χ0v) is 14.7. The summed E-state index contributed by atoms with van der Waals surface area (Å²) in [6, 6.07) is 8.31. The molecule has 0 aliphatic carbocycles. The Bertz CT molecular complexity index is 1150. The summed E-state index contributed by atoms with van der Waals surface area (Å²) in [6.07, 6.45) is 3.81. The second-order valence-corrected chi connectivity index (χ2v) is 5.84. The molecule has 28 heavy (non-hydrogen) atoms. The highest BCUT2D eigenvalue weighted by Crippen LogP contribution is 2.28. The molecule has 0 spiro atoms. The quantitative estimate of drug-likeness (QED) is 0.477. The molecule has 0 fully saturated rings. The van der Waals surface area contributed by atoms with E-state index >= 15 is 0 Å². The molecule has 3 aromatic heterocycles. The van der Waals surface area contributed by atoms with E-state index in [9.17, 15) is 13.6 Å². The Morgan fingerprint density at radius 3 is 2.82 bits per heavy atom. The van der Waals surface area contributed by atoms with Crippen molar-refractivity contribution in [2.24, 2.45) is 0 Å². The zero-order valence-electron chi connectivity index (χ0n) is 14.7. The van der Waals surface area contributed by atoms with Crippen LogP contribution in [0, 0.1) is 0 Å². The topological polar surface area (TPSA) is 83.0 Å². The van der Waals surface area contributed by atoms with Crippen LogP contribution in [0.1, 0.15) is 24.0 Å². The van der Waals surface area contributed by atoms with E-state index in [0.29, 0.717) is 33.8 Å². The van der Waals surface area contributed by atoms with Gasteiger partial charge in [-0.3, -0.25) is 4.57 Å². The van der Waals surface area contributed by atoms with Gasteiger partial charge in [0.15, 0.2) is 5.58 Å². The predicted octanol–water partition coefficient (Wildman–Crippen LogP) is 4.33. The van der Waals surface area contributed by atoms with Gasteiger partial charge in [0.05, 0.1) is 18.6 Å². The number of esters is 1. The minimum absolute atomic E-state index is 0.153. The molecule has 0 radical (unpaired) electrons. The van der Waals surface area contributed by atoms with Gasteiger partial charge in [-0.2, -0.15) is 8.78 Å². The molecule has 4 rings (SSSR count). The van der Waals surface area contributed by atoms with Gasteiger partial charge in [0.25, 0.3) is 0 Å². The molecular formula is C19H14F2N4O3. The Labute approximate surface area is 157 Å². The standard InChI is InChI=1S/C19H14F2N4O3/c1-2-27-18(26)14-8-12(5-6-22-14)17-24-13-7-11(3-4-16(13)28-17)15-9-25(10-23-15)19(20)21/h3-10,19H,2H2,1H3. The molecule has 0 saturated carbocycles. The van der Waals surface area contributed by atoms with E-state index < -0.39 is 12.5 Å². The molecule has 0 bridgehead atoms. The van der Waals surface area contributed by atoms with Gasteiger partial charge in [0.1, 0.15) is 11.2 Å². The third kappa shape index (κ3) is 3.34. The Morgan fingerprint density at radius 1 is 1.21 bits per heavy atom.